The second-order valence-corrected chi connectivity index (χ2v) is 11.8. The fraction of sp³-hybridized carbons (Fsp3) is 0.458. The maximum absolute atomic E-state index is 12.0. The van der Waals surface area contributed by atoms with Gasteiger partial charge in [-0.25, -0.2) is 9.97 Å². The zero-order chi connectivity index (χ0) is 23.3. The Hall–Kier alpha value is -1.51. The number of nitrogens with one attached hydrogen (secondary N) is 1. The highest BCUT2D eigenvalue weighted by Gasteiger charge is 2.19. The second kappa shape index (κ2) is 11.6. The first-order chi connectivity index (χ1) is 15.2. The lowest BCUT2D eigenvalue weighted by atomic mass is 9.83. The number of fused-ring (bicyclic) bond motifs is 1. The van der Waals surface area contributed by atoms with Crippen molar-refractivity contribution >= 4 is 65.8 Å². The van der Waals surface area contributed by atoms with Gasteiger partial charge in [0.05, 0.1) is 14.2 Å². The fourth-order valence-electron chi connectivity index (χ4n) is 3.83. The van der Waals surface area contributed by atoms with Gasteiger partial charge in [-0.15, -0.1) is 11.3 Å². The van der Waals surface area contributed by atoms with Crippen LogP contribution in [0.4, 0.5) is 5.82 Å². The predicted molar refractivity (Wildman–Crippen MR) is 142 cm³/mol. The van der Waals surface area contributed by atoms with Crippen molar-refractivity contribution in [3.05, 3.63) is 49.3 Å². The van der Waals surface area contributed by atoms with Crippen molar-refractivity contribution in [1.82, 2.24) is 15.3 Å². The number of thiophene rings is 1. The van der Waals surface area contributed by atoms with E-state index >= 15 is 0 Å². The van der Waals surface area contributed by atoms with Gasteiger partial charge in [0.15, 0.2) is 0 Å². The van der Waals surface area contributed by atoms with Crippen LogP contribution in [0.2, 0.25) is 0 Å². The lowest BCUT2D eigenvalue weighted by Gasteiger charge is -2.26. The summed E-state index contributed by atoms with van der Waals surface area (Å²) in [6, 6.07) is 9.93. The van der Waals surface area contributed by atoms with Gasteiger partial charge in [0.1, 0.15) is 11.6 Å². The molecule has 4 rings (SSSR count). The molecular formula is C24H30Br2N4OS. The van der Waals surface area contributed by atoms with E-state index < -0.39 is 0 Å². The third-order valence-electron chi connectivity index (χ3n) is 5.67. The van der Waals surface area contributed by atoms with E-state index in [1.807, 2.05) is 56.3 Å². The summed E-state index contributed by atoms with van der Waals surface area (Å²) >= 11 is 8.28. The molecule has 2 aromatic heterocycles. The van der Waals surface area contributed by atoms with E-state index in [2.05, 4.69) is 54.1 Å². The number of amides is 1. The number of aryl methyl sites for hydroxylation is 1. The van der Waals surface area contributed by atoms with Crippen molar-refractivity contribution in [2.75, 3.05) is 25.5 Å². The molecule has 1 aliphatic rings. The Kier molecular flexibility index (Phi) is 9.08. The number of hydrogen-bond acceptors (Lipinski definition) is 5. The number of carbonyl (C=O) groups is 1. The highest BCUT2D eigenvalue weighted by atomic mass is 79.9. The van der Waals surface area contributed by atoms with Crippen LogP contribution < -0.4 is 10.2 Å². The van der Waals surface area contributed by atoms with Crippen molar-refractivity contribution < 1.29 is 4.79 Å². The zero-order valence-electron chi connectivity index (χ0n) is 19.0. The number of carbonyl (C=O) groups excluding carboxylic acids is 1. The molecule has 5 nitrogen and oxygen atoms in total. The Morgan fingerprint density at radius 3 is 2.47 bits per heavy atom. The molecule has 1 aromatic carbocycles. The van der Waals surface area contributed by atoms with E-state index in [0.717, 1.165) is 48.1 Å². The van der Waals surface area contributed by atoms with Crippen LogP contribution in [0.25, 0.3) is 10.9 Å². The predicted octanol–water partition coefficient (Wildman–Crippen LogP) is 6.83. The highest BCUT2D eigenvalue weighted by molar-refractivity contribution is 9.13. The van der Waals surface area contributed by atoms with Gasteiger partial charge in [0.25, 0.3) is 5.91 Å². The minimum Gasteiger partial charge on any atom is -0.362 e. The zero-order valence-corrected chi connectivity index (χ0v) is 23.0. The van der Waals surface area contributed by atoms with Gasteiger partial charge in [-0.05, 0) is 81.7 Å². The van der Waals surface area contributed by atoms with Gasteiger partial charge in [-0.2, -0.15) is 0 Å². The topological polar surface area (TPSA) is 58.1 Å². The van der Waals surface area contributed by atoms with Crippen LogP contribution in [-0.4, -0.2) is 36.5 Å². The molecule has 1 N–H and O–H groups in total. The molecule has 3 aromatic rings. The van der Waals surface area contributed by atoms with Crippen molar-refractivity contribution in [3.8, 4) is 0 Å². The van der Waals surface area contributed by atoms with Crippen LogP contribution in [0.15, 0.2) is 38.6 Å². The first-order valence-electron chi connectivity index (χ1n) is 10.9. The number of hydrogen-bond donors (Lipinski definition) is 1. The summed E-state index contributed by atoms with van der Waals surface area (Å²) in [5.74, 6) is 3.36. The van der Waals surface area contributed by atoms with Crippen LogP contribution in [-0.2, 0) is 0 Å². The summed E-state index contributed by atoms with van der Waals surface area (Å²) < 4.78 is 1.92. The molecule has 0 spiro atoms. The Morgan fingerprint density at radius 2 is 1.84 bits per heavy atom. The molecule has 0 atom stereocenters. The van der Waals surface area contributed by atoms with Gasteiger partial charge in [0, 0.05) is 30.5 Å². The number of aromatic nitrogens is 2. The summed E-state index contributed by atoms with van der Waals surface area (Å²) in [6.07, 6.45) is 5.10. The number of halogens is 2. The molecule has 0 radical (unpaired) electrons. The van der Waals surface area contributed by atoms with Crippen LogP contribution in [0.1, 0.15) is 48.1 Å². The smallest absolute Gasteiger partial charge is 0.261 e. The molecule has 1 saturated carbocycles. The minimum atomic E-state index is 0.0463. The van der Waals surface area contributed by atoms with E-state index in [9.17, 15) is 4.79 Å². The first kappa shape index (κ1) is 25.1. The Labute approximate surface area is 211 Å². The number of rotatable bonds is 4. The summed E-state index contributed by atoms with van der Waals surface area (Å²) in [4.78, 5) is 23.5. The SMILES string of the molecule is CC1CCC(CNC(=O)c2cc(Br)c(Br)s2)CC1.Cc1nc(N(C)C)c2ccccc2n1. The summed E-state index contributed by atoms with van der Waals surface area (Å²) in [5, 5.41) is 4.15. The van der Waals surface area contributed by atoms with Crippen LogP contribution in [0.3, 0.4) is 0 Å². The Bertz CT molecular complexity index is 1040. The maximum Gasteiger partial charge on any atom is 0.261 e. The van der Waals surface area contributed by atoms with Crippen molar-refractivity contribution in [1.29, 1.82) is 0 Å². The lowest BCUT2D eigenvalue weighted by molar-refractivity contribution is 0.0946. The lowest BCUT2D eigenvalue weighted by Crippen LogP contribution is -2.30. The van der Waals surface area contributed by atoms with Crippen molar-refractivity contribution in [2.24, 2.45) is 11.8 Å². The van der Waals surface area contributed by atoms with Crippen molar-refractivity contribution in [3.63, 3.8) is 0 Å². The van der Waals surface area contributed by atoms with Crippen LogP contribution in [0, 0.1) is 18.8 Å². The molecule has 1 aliphatic carbocycles. The first-order valence-corrected chi connectivity index (χ1v) is 13.3. The quantitative estimate of drug-likeness (QED) is 0.367. The maximum atomic E-state index is 12.0. The summed E-state index contributed by atoms with van der Waals surface area (Å²) in [5.41, 5.74) is 1.00. The highest BCUT2D eigenvalue weighted by Crippen LogP contribution is 2.32. The second-order valence-electron chi connectivity index (χ2n) is 8.57. The molecule has 0 bridgehead atoms. The Balaban J connectivity index is 0.000000186. The normalized spacial score (nSPS) is 18.1. The van der Waals surface area contributed by atoms with Gasteiger partial charge < -0.3 is 10.2 Å². The molecule has 8 heteroatoms. The van der Waals surface area contributed by atoms with E-state index in [0.29, 0.717) is 5.92 Å². The molecule has 0 unspecified atom stereocenters. The Morgan fingerprint density at radius 1 is 1.16 bits per heavy atom. The average molecular weight is 582 g/mol. The van der Waals surface area contributed by atoms with E-state index in [1.54, 1.807) is 0 Å². The standard InChI is InChI=1S/C13H17Br2NOS.C11H13N3/c1-8-2-4-9(5-3-8)7-16-13(17)11-6-10(14)12(15)18-11;1-8-12-10-7-5-4-6-9(10)11(13-8)14(2)3/h6,8-9H,2-5,7H2,1H3,(H,16,17);4-7H,1-3H3. The molecule has 172 valence electrons. The molecule has 1 fully saturated rings. The van der Waals surface area contributed by atoms with Crippen LogP contribution >= 0.6 is 43.2 Å². The number of anilines is 1. The van der Waals surface area contributed by atoms with Crippen LogP contribution in [0.5, 0.6) is 0 Å². The van der Waals surface area contributed by atoms with E-state index in [-0.39, 0.29) is 5.91 Å². The third kappa shape index (κ3) is 6.75. The van der Waals surface area contributed by atoms with E-state index in [1.165, 1.54) is 37.0 Å². The minimum absolute atomic E-state index is 0.0463. The summed E-state index contributed by atoms with van der Waals surface area (Å²) in [6.45, 7) is 5.05. The number of benzene rings is 1. The van der Waals surface area contributed by atoms with Gasteiger partial charge in [-0.1, -0.05) is 31.9 Å². The molecule has 0 aliphatic heterocycles. The summed E-state index contributed by atoms with van der Waals surface area (Å²) in [7, 11) is 3.99. The molecule has 0 saturated heterocycles. The number of para-hydroxylation sites is 1. The molecule has 1 amide bonds. The molecular weight excluding hydrogens is 552 g/mol. The fourth-order valence-corrected chi connectivity index (χ4v) is 5.78. The van der Waals surface area contributed by atoms with Gasteiger partial charge in [0.2, 0.25) is 0 Å². The van der Waals surface area contributed by atoms with Gasteiger partial charge in [-0.3, -0.25) is 4.79 Å². The monoisotopic (exact) mass is 580 g/mol. The van der Waals surface area contributed by atoms with Crippen molar-refractivity contribution in [2.45, 2.75) is 39.5 Å². The molecule has 2 heterocycles. The average Bonchev–Trinajstić information content (AvgIpc) is 3.11. The largest absolute Gasteiger partial charge is 0.362 e. The number of nitrogens with zero attached hydrogens (tertiary/aromatic N) is 3. The van der Waals surface area contributed by atoms with Gasteiger partial charge >= 0.3 is 0 Å². The molecule has 32 heavy (non-hydrogen) atoms. The van der Waals surface area contributed by atoms with E-state index in [4.69, 9.17) is 0 Å². The third-order valence-corrected chi connectivity index (χ3v) is 8.93.